The number of nitrogens with one attached hydrogen (secondary N) is 1. The van der Waals surface area contributed by atoms with Gasteiger partial charge in [0.05, 0.1) is 24.4 Å². The molecule has 0 aromatic heterocycles. The fraction of sp³-hybridized carbons (Fsp3) is 0.862. The van der Waals surface area contributed by atoms with Gasteiger partial charge in [-0.15, -0.1) is 0 Å². The minimum Gasteiger partial charge on any atom is -0.443 e. The Hall–Kier alpha value is -1.68. The van der Waals surface area contributed by atoms with Crippen molar-refractivity contribution in [2.24, 2.45) is 11.8 Å². The zero-order chi connectivity index (χ0) is 27.9. The molecule has 0 unspecified atom stereocenters. The van der Waals surface area contributed by atoms with E-state index in [-0.39, 0.29) is 35.7 Å². The molecule has 0 radical (unpaired) electrons. The lowest BCUT2D eigenvalue weighted by atomic mass is 9.68. The van der Waals surface area contributed by atoms with Crippen LogP contribution in [0.4, 0.5) is 4.79 Å². The first-order chi connectivity index (χ1) is 18.0. The van der Waals surface area contributed by atoms with Crippen LogP contribution in [0.15, 0.2) is 11.6 Å². The Balaban J connectivity index is 1.45. The molecule has 0 aromatic carbocycles. The molecule has 3 fully saturated rings. The van der Waals surface area contributed by atoms with Crippen LogP contribution in [0.3, 0.4) is 0 Å². The minimum atomic E-state index is -0.512. The van der Waals surface area contributed by atoms with Crippen molar-refractivity contribution in [3.05, 3.63) is 11.6 Å². The molecule has 2 amide bonds. The highest BCUT2D eigenvalue weighted by molar-refractivity contribution is 5.76. The summed E-state index contributed by atoms with van der Waals surface area (Å²) in [6, 6.07) is 0. The van der Waals surface area contributed by atoms with Crippen LogP contribution in [0.5, 0.6) is 0 Å². The predicted octanol–water partition coefficient (Wildman–Crippen LogP) is 3.62. The van der Waals surface area contributed by atoms with E-state index in [9.17, 15) is 9.59 Å². The second-order valence-electron chi connectivity index (χ2n) is 11.9. The van der Waals surface area contributed by atoms with Crippen LogP contribution < -0.4 is 5.32 Å². The van der Waals surface area contributed by atoms with E-state index in [1.807, 2.05) is 0 Å². The van der Waals surface area contributed by atoms with Crippen LogP contribution in [0, 0.1) is 11.8 Å². The molecule has 0 aromatic rings. The fourth-order valence-corrected chi connectivity index (χ4v) is 6.02. The molecule has 1 aliphatic carbocycles. The van der Waals surface area contributed by atoms with Crippen LogP contribution in [-0.2, 0) is 23.7 Å². The Morgan fingerprint density at radius 2 is 1.89 bits per heavy atom. The van der Waals surface area contributed by atoms with Crippen LogP contribution in [-0.4, -0.2) is 105 Å². The number of hydrogen-bond acceptors (Lipinski definition) is 7. The number of amides is 2. The summed E-state index contributed by atoms with van der Waals surface area (Å²) >= 11 is 0. The van der Waals surface area contributed by atoms with Gasteiger partial charge in [-0.05, 0) is 66.0 Å². The summed E-state index contributed by atoms with van der Waals surface area (Å²) in [5.74, 6) is 0.362. The summed E-state index contributed by atoms with van der Waals surface area (Å²) in [5.41, 5.74) is 0.425. The molecule has 2 aliphatic heterocycles. The Morgan fingerprint density at radius 3 is 2.47 bits per heavy atom. The lowest BCUT2D eigenvalue weighted by Gasteiger charge is -2.48. The molecular formula is C29H51N3O6. The third-order valence-corrected chi connectivity index (χ3v) is 8.49. The normalized spacial score (nSPS) is 27.3. The van der Waals surface area contributed by atoms with E-state index in [1.54, 1.807) is 12.0 Å². The molecule has 218 valence electrons. The van der Waals surface area contributed by atoms with Gasteiger partial charge < -0.3 is 34.1 Å². The molecule has 1 N–H and O–H groups in total. The van der Waals surface area contributed by atoms with Gasteiger partial charge in [0.15, 0.2) is 0 Å². The summed E-state index contributed by atoms with van der Waals surface area (Å²) < 4.78 is 24.3. The molecule has 2 heterocycles. The van der Waals surface area contributed by atoms with Crippen molar-refractivity contribution in [1.29, 1.82) is 0 Å². The molecule has 1 spiro atoms. The topological polar surface area (TPSA) is 92.9 Å². The van der Waals surface area contributed by atoms with Crippen molar-refractivity contribution in [1.82, 2.24) is 15.1 Å². The third kappa shape index (κ3) is 7.93. The molecule has 0 bridgehead atoms. The second kappa shape index (κ2) is 13.6. The molecule has 38 heavy (non-hydrogen) atoms. The molecule has 1 saturated carbocycles. The Labute approximate surface area is 229 Å². The number of methoxy groups -OCH3 is 1. The molecule has 9 heteroatoms. The first kappa shape index (κ1) is 30.9. The lowest BCUT2D eigenvalue weighted by molar-refractivity contribution is -0.175. The second-order valence-corrected chi connectivity index (χ2v) is 11.9. The van der Waals surface area contributed by atoms with Crippen LogP contribution in [0.2, 0.25) is 0 Å². The Bertz CT molecular complexity index is 813. The van der Waals surface area contributed by atoms with Crippen molar-refractivity contribution >= 4 is 12.0 Å². The van der Waals surface area contributed by atoms with E-state index in [2.05, 4.69) is 57.8 Å². The van der Waals surface area contributed by atoms with Gasteiger partial charge >= 0.3 is 6.09 Å². The lowest BCUT2D eigenvalue weighted by Crippen LogP contribution is -2.59. The number of hydrogen-bond donors (Lipinski definition) is 1. The largest absolute Gasteiger partial charge is 0.443 e. The maximum Gasteiger partial charge on any atom is 0.410 e. The number of nitrogens with zero attached hydrogens (tertiary/aromatic N) is 2. The number of allylic oxidation sites excluding steroid dienone is 1. The van der Waals surface area contributed by atoms with E-state index in [1.165, 1.54) is 5.57 Å². The molecule has 4 atom stereocenters. The minimum absolute atomic E-state index is 0.0542. The Morgan fingerprint density at radius 1 is 1.21 bits per heavy atom. The number of carbonyl (C=O) groups excluding carboxylic acids is 2. The first-order valence-corrected chi connectivity index (χ1v) is 14.4. The molecular weight excluding hydrogens is 486 g/mol. The van der Waals surface area contributed by atoms with Gasteiger partial charge in [0.2, 0.25) is 5.91 Å². The van der Waals surface area contributed by atoms with Gasteiger partial charge in [-0.2, -0.15) is 0 Å². The van der Waals surface area contributed by atoms with Crippen molar-refractivity contribution in [2.45, 2.75) is 90.6 Å². The maximum atomic E-state index is 13.0. The highest BCUT2D eigenvalue weighted by atomic mass is 16.6. The number of likely N-dealkylation sites (N-methyl/N-ethyl adjacent to an activating group) is 1. The number of epoxide rings is 1. The van der Waals surface area contributed by atoms with Crippen molar-refractivity contribution in [3.63, 3.8) is 0 Å². The van der Waals surface area contributed by atoms with Crippen molar-refractivity contribution in [3.8, 4) is 0 Å². The van der Waals surface area contributed by atoms with Gasteiger partial charge in [0, 0.05) is 45.6 Å². The monoisotopic (exact) mass is 537 g/mol. The summed E-state index contributed by atoms with van der Waals surface area (Å²) in [4.78, 5) is 29.2. The SMILES string of the molecule is CCN(CC)CCNC(=O)CCC1CN(C(=O)O[C@@H]2CC[C@]3(CO3)[C@@H](C(C)(C)OCC=C(C)C)[C@@H]2OC)C1. The Kier molecular flexibility index (Phi) is 11.0. The molecule has 3 rings (SSSR count). The van der Waals surface area contributed by atoms with Crippen LogP contribution in [0.1, 0.15) is 67.2 Å². The molecule has 9 nitrogen and oxygen atoms in total. The summed E-state index contributed by atoms with van der Waals surface area (Å²) in [6.45, 7) is 18.5. The van der Waals surface area contributed by atoms with Gasteiger partial charge in [0.1, 0.15) is 12.2 Å². The van der Waals surface area contributed by atoms with E-state index >= 15 is 0 Å². The number of likely N-dealkylation sites (tertiary alicyclic amines) is 1. The smallest absolute Gasteiger partial charge is 0.410 e. The molecule has 2 saturated heterocycles. The number of rotatable bonds is 14. The van der Waals surface area contributed by atoms with Gasteiger partial charge in [-0.1, -0.05) is 25.5 Å². The summed E-state index contributed by atoms with van der Waals surface area (Å²) in [7, 11) is 1.68. The number of ether oxygens (including phenoxy) is 4. The maximum absolute atomic E-state index is 13.0. The quantitative estimate of drug-likeness (QED) is 0.267. The van der Waals surface area contributed by atoms with Crippen molar-refractivity contribution < 1.29 is 28.5 Å². The van der Waals surface area contributed by atoms with E-state index in [0.29, 0.717) is 51.6 Å². The van der Waals surface area contributed by atoms with E-state index in [0.717, 1.165) is 32.5 Å². The van der Waals surface area contributed by atoms with Crippen molar-refractivity contribution in [2.75, 3.05) is 59.6 Å². The van der Waals surface area contributed by atoms with Gasteiger partial charge in [-0.25, -0.2) is 4.79 Å². The van der Waals surface area contributed by atoms with Crippen LogP contribution >= 0.6 is 0 Å². The highest BCUT2D eigenvalue weighted by Crippen LogP contribution is 2.52. The summed E-state index contributed by atoms with van der Waals surface area (Å²) in [5, 5.41) is 3.01. The molecule has 3 aliphatic rings. The van der Waals surface area contributed by atoms with E-state index < -0.39 is 5.60 Å². The third-order valence-electron chi connectivity index (χ3n) is 8.49. The predicted molar refractivity (Wildman–Crippen MR) is 147 cm³/mol. The number of carbonyl (C=O) groups is 2. The zero-order valence-electron chi connectivity index (χ0n) is 24.7. The average Bonchev–Trinajstić information content (AvgIpc) is 3.60. The summed E-state index contributed by atoms with van der Waals surface area (Å²) in [6.07, 6.45) is 3.90. The first-order valence-electron chi connectivity index (χ1n) is 14.4. The average molecular weight is 538 g/mol. The standard InChI is InChI=1S/C29H51N3O6/c1-8-31(9-2)16-15-30-24(33)11-10-22-18-32(19-22)27(34)38-23-12-14-29(20-37-29)26(25(23)35-7)28(5,6)36-17-13-21(3)4/h13,22-23,25-26H,8-12,14-20H2,1-7H3,(H,30,33)/t23-,25-,26-,29+/m1/s1. The fourth-order valence-electron chi connectivity index (χ4n) is 6.02. The van der Waals surface area contributed by atoms with E-state index in [4.69, 9.17) is 18.9 Å². The van der Waals surface area contributed by atoms with Gasteiger partial charge in [0.25, 0.3) is 0 Å². The highest BCUT2D eigenvalue weighted by Gasteiger charge is 2.64. The van der Waals surface area contributed by atoms with Gasteiger partial charge in [-0.3, -0.25) is 4.79 Å². The van der Waals surface area contributed by atoms with Crippen LogP contribution in [0.25, 0.3) is 0 Å². The zero-order valence-corrected chi connectivity index (χ0v) is 24.7.